The number of anilines is 1. The Hall–Kier alpha value is -3.83. The maximum absolute atomic E-state index is 13.1. The van der Waals surface area contributed by atoms with Gasteiger partial charge in [0.05, 0.1) is 29.4 Å². The third-order valence-corrected chi connectivity index (χ3v) is 5.52. The van der Waals surface area contributed by atoms with Gasteiger partial charge >= 0.3 is 0 Å². The van der Waals surface area contributed by atoms with Crippen molar-refractivity contribution in [2.45, 2.75) is 0 Å². The lowest BCUT2D eigenvalue weighted by atomic mass is 10.1. The molecule has 0 radical (unpaired) electrons. The molecule has 0 saturated carbocycles. The fourth-order valence-corrected chi connectivity index (χ4v) is 3.89. The van der Waals surface area contributed by atoms with Gasteiger partial charge < -0.3 is 9.15 Å². The van der Waals surface area contributed by atoms with E-state index in [0.717, 1.165) is 4.47 Å². The van der Waals surface area contributed by atoms with Crippen LogP contribution in [0.1, 0.15) is 5.76 Å². The molecule has 2 heterocycles. The van der Waals surface area contributed by atoms with E-state index < -0.39 is 16.7 Å². The number of rotatable bonds is 5. The first-order valence-electron chi connectivity index (χ1n) is 9.38. The van der Waals surface area contributed by atoms with Crippen molar-refractivity contribution in [3.05, 3.63) is 80.5 Å². The number of nitro groups is 1. The molecular formula is C22H14BrN3O6S. The van der Waals surface area contributed by atoms with Crippen LogP contribution in [-0.2, 0) is 9.59 Å². The molecule has 33 heavy (non-hydrogen) atoms. The number of carbonyl (C=O) groups is 2. The van der Waals surface area contributed by atoms with Crippen molar-refractivity contribution in [1.82, 2.24) is 5.32 Å². The minimum absolute atomic E-state index is 0.0315. The molecule has 0 aliphatic carbocycles. The third-order valence-electron chi connectivity index (χ3n) is 4.74. The second-order valence-corrected chi connectivity index (χ2v) is 8.08. The lowest BCUT2D eigenvalue weighted by Gasteiger charge is -2.28. The molecule has 3 aromatic rings. The number of hydrogen-bond donors (Lipinski definition) is 1. The summed E-state index contributed by atoms with van der Waals surface area (Å²) >= 11 is 8.55. The lowest BCUT2D eigenvalue weighted by molar-refractivity contribution is -0.384. The smallest absolute Gasteiger partial charge is 0.273 e. The van der Waals surface area contributed by atoms with E-state index in [1.807, 2.05) is 0 Å². The number of nitro benzene ring substituents is 1. The van der Waals surface area contributed by atoms with Crippen molar-refractivity contribution in [3.8, 4) is 17.1 Å². The van der Waals surface area contributed by atoms with Gasteiger partial charge in [0.2, 0.25) is 0 Å². The maximum atomic E-state index is 13.1. The van der Waals surface area contributed by atoms with Gasteiger partial charge in [0, 0.05) is 10.5 Å². The Labute approximate surface area is 200 Å². The lowest BCUT2D eigenvalue weighted by Crippen LogP contribution is -2.54. The molecule has 2 amide bonds. The largest absolute Gasteiger partial charge is 0.496 e. The SMILES string of the molecule is COc1cc([N+](=O)[O-])ccc1-c1ccc(/C=C2\C(=O)NC(=S)N(c3cccc(Br)c3)C2=O)o1. The average Bonchev–Trinajstić information content (AvgIpc) is 3.24. The van der Waals surface area contributed by atoms with E-state index in [2.05, 4.69) is 21.2 Å². The summed E-state index contributed by atoms with van der Waals surface area (Å²) in [6.45, 7) is 0. The van der Waals surface area contributed by atoms with Gasteiger partial charge in [-0.2, -0.15) is 0 Å². The molecule has 1 aliphatic rings. The van der Waals surface area contributed by atoms with E-state index >= 15 is 0 Å². The molecule has 1 aliphatic heterocycles. The van der Waals surface area contributed by atoms with Crippen molar-refractivity contribution >= 4 is 62.5 Å². The summed E-state index contributed by atoms with van der Waals surface area (Å²) in [5.74, 6) is -0.437. The third kappa shape index (κ3) is 4.41. The van der Waals surface area contributed by atoms with Gasteiger partial charge in [-0.3, -0.25) is 29.9 Å². The zero-order valence-corrected chi connectivity index (χ0v) is 19.3. The quantitative estimate of drug-likeness (QED) is 0.171. The summed E-state index contributed by atoms with van der Waals surface area (Å²) in [6, 6.07) is 14.2. The predicted molar refractivity (Wildman–Crippen MR) is 128 cm³/mol. The first kappa shape index (κ1) is 22.4. The summed E-state index contributed by atoms with van der Waals surface area (Å²) in [7, 11) is 1.39. The Balaban J connectivity index is 1.68. The standard InChI is InChI=1S/C22H14BrN3O6S/c1-31-19-10-14(26(29)30)5-7-16(19)18-8-6-15(32-18)11-17-20(27)24-22(33)25(21(17)28)13-4-2-3-12(23)9-13/h2-11H,1H3,(H,24,27,33)/b17-11+. The zero-order chi connectivity index (χ0) is 23.7. The molecule has 9 nitrogen and oxygen atoms in total. The number of furan rings is 1. The van der Waals surface area contributed by atoms with Gasteiger partial charge in [-0.05, 0) is 54.7 Å². The summed E-state index contributed by atoms with van der Waals surface area (Å²) < 4.78 is 11.8. The second-order valence-electron chi connectivity index (χ2n) is 6.78. The fraction of sp³-hybridized carbons (Fsp3) is 0.0455. The highest BCUT2D eigenvalue weighted by molar-refractivity contribution is 9.10. The van der Waals surface area contributed by atoms with Gasteiger partial charge in [0.15, 0.2) is 5.11 Å². The number of ether oxygens (including phenoxy) is 1. The van der Waals surface area contributed by atoms with Crippen LogP contribution in [0, 0.1) is 10.1 Å². The van der Waals surface area contributed by atoms with Crippen LogP contribution < -0.4 is 15.0 Å². The summed E-state index contributed by atoms with van der Waals surface area (Å²) in [4.78, 5) is 37.3. The summed E-state index contributed by atoms with van der Waals surface area (Å²) in [5, 5.41) is 13.5. The number of nitrogens with zero attached hydrogens (tertiary/aromatic N) is 2. The Morgan fingerprint density at radius 1 is 1.18 bits per heavy atom. The molecule has 1 fully saturated rings. The Kier molecular flexibility index (Phi) is 6.07. The molecule has 1 aromatic heterocycles. The highest BCUT2D eigenvalue weighted by atomic mass is 79.9. The van der Waals surface area contributed by atoms with E-state index in [9.17, 15) is 19.7 Å². The van der Waals surface area contributed by atoms with Crippen molar-refractivity contribution in [3.63, 3.8) is 0 Å². The molecule has 0 spiro atoms. The number of halogens is 1. The van der Waals surface area contributed by atoms with Gasteiger partial charge in [-0.15, -0.1) is 0 Å². The highest BCUT2D eigenvalue weighted by Crippen LogP contribution is 2.35. The molecular weight excluding hydrogens is 514 g/mol. The first-order valence-corrected chi connectivity index (χ1v) is 10.6. The minimum Gasteiger partial charge on any atom is -0.496 e. The average molecular weight is 528 g/mol. The number of hydrogen-bond acceptors (Lipinski definition) is 7. The molecule has 1 N–H and O–H groups in total. The second kappa shape index (κ2) is 8.96. The molecule has 0 unspecified atom stereocenters. The van der Waals surface area contributed by atoms with E-state index in [1.54, 1.807) is 36.4 Å². The number of nitrogens with one attached hydrogen (secondary N) is 1. The van der Waals surface area contributed by atoms with Crippen molar-refractivity contribution in [1.29, 1.82) is 0 Å². The van der Waals surface area contributed by atoms with Crippen molar-refractivity contribution in [2.75, 3.05) is 12.0 Å². The van der Waals surface area contributed by atoms with E-state index in [-0.39, 0.29) is 27.9 Å². The summed E-state index contributed by atoms with van der Waals surface area (Å²) in [6.07, 6.45) is 1.31. The molecule has 0 bridgehead atoms. The molecule has 166 valence electrons. The zero-order valence-electron chi connectivity index (χ0n) is 16.9. The van der Waals surface area contributed by atoms with Crippen molar-refractivity contribution in [2.24, 2.45) is 0 Å². The predicted octanol–water partition coefficient (Wildman–Crippen LogP) is 4.46. The molecule has 0 atom stereocenters. The van der Waals surface area contributed by atoms with Gasteiger partial charge in [-0.25, -0.2) is 0 Å². The van der Waals surface area contributed by atoms with Crippen LogP contribution >= 0.6 is 28.1 Å². The summed E-state index contributed by atoms with van der Waals surface area (Å²) in [5.41, 5.74) is 0.669. The number of non-ortho nitro benzene ring substituents is 1. The van der Waals surface area contributed by atoms with Crippen LogP contribution in [0.25, 0.3) is 17.4 Å². The van der Waals surface area contributed by atoms with E-state index in [1.165, 1.54) is 36.3 Å². The number of amides is 2. The Morgan fingerprint density at radius 2 is 1.97 bits per heavy atom. The highest BCUT2D eigenvalue weighted by Gasteiger charge is 2.34. The molecule has 2 aromatic carbocycles. The Bertz CT molecular complexity index is 1350. The number of benzene rings is 2. The van der Waals surface area contributed by atoms with E-state index in [4.69, 9.17) is 21.4 Å². The first-order chi connectivity index (χ1) is 15.8. The number of methoxy groups -OCH3 is 1. The number of carbonyl (C=O) groups excluding carboxylic acids is 2. The van der Waals surface area contributed by atoms with Crippen LogP contribution in [0.2, 0.25) is 0 Å². The molecule has 1 saturated heterocycles. The van der Waals surface area contributed by atoms with Crippen LogP contribution in [-0.4, -0.2) is 29.0 Å². The van der Waals surface area contributed by atoms with Gasteiger partial charge in [-0.1, -0.05) is 22.0 Å². The minimum atomic E-state index is -0.651. The molecule has 4 rings (SSSR count). The van der Waals surface area contributed by atoms with Crippen LogP contribution in [0.3, 0.4) is 0 Å². The molecule has 11 heteroatoms. The fourth-order valence-electron chi connectivity index (χ4n) is 3.22. The maximum Gasteiger partial charge on any atom is 0.273 e. The van der Waals surface area contributed by atoms with Crippen LogP contribution in [0.5, 0.6) is 5.75 Å². The van der Waals surface area contributed by atoms with Crippen LogP contribution in [0.4, 0.5) is 11.4 Å². The Morgan fingerprint density at radius 3 is 2.67 bits per heavy atom. The van der Waals surface area contributed by atoms with Gasteiger partial charge in [0.25, 0.3) is 17.5 Å². The number of thiocarbonyl (C=S) groups is 1. The van der Waals surface area contributed by atoms with Crippen molar-refractivity contribution < 1.29 is 23.7 Å². The normalized spacial score (nSPS) is 15.0. The van der Waals surface area contributed by atoms with Crippen LogP contribution in [0.15, 0.2) is 69.1 Å². The topological polar surface area (TPSA) is 115 Å². The van der Waals surface area contributed by atoms with Gasteiger partial charge in [0.1, 0.15) is 22.8 Å². The van der Waals surface area contributed by atoms with E-state index in [0.29, 0.717) is 17.0 Å². The monoisotopic (exact) mass is 527 g/mol.